The zero-order valence-corrected chi connectivity index (χ0v) is 13.2. The summed E-state index contributed by atoms with van der Waals surface area (Å²) in [6.45, 7) is 17.5. The fourth-order valence-electron chi connectivity index (χ4n) is 1.52. The molecule has 0 aromatic rings. The second kappa shape index (κ2) is 7.80. The highest BCUT2D eigenvalue weighted by Gasteiger charge is 2.19. The van der Waals surface area contributed by atoms with Gasteiger partial charge >= 0.3 is 0 Å². The smallest absolute Gasteiger partial charge is 0.0643 e. The highest BCUT2D eigenvalue weighted by molar-refractivity contribution is 4.93. The van der Waals surface area contributed by atoms with Crippen LogP contribution in [-0.4, -0.2) is 32.3 Å². The maximum absolute atomic E-state index is 5.96. The Morgan fingerprint density at radius 2 is 1.72 bits per heavy atom. The average molecular weight is 256 g/mol. The second-order valence-corrected chi connectivity index (χ2v) is 6.73. The largest absolute Gasteiger partial charge is 0.388 e. The Labute approximate surface area is 113 Å². The molecule has 0 atom stereocenters. The number of likely N-dealkylation sites (N-methyl/N-ethyl adjacent to an activating group) is 1. The average Bonchev–Trinajstić information content (AvgIpc) is 2.14. The molecule has 0 aliphatic heterocycles. The Balaban J connectivity index is 3.76. The topological polar surface area (TPSA) is 33.3 Å². The number of hydrogen-bond acceptors (Lipinski definition) is 3. The van der Waals surface area contributed by atoms with Gasteiger partial charge in [-0.05, 0) is 39.2 Å². The zero-order valence-electron chi connectivity index (χ0n) is 13.2. The Morgan fingerprint density at radius 1 is 1.11 bits per heavy atom. The van der Waals surface area contributed by atoms with Crippen LogP contribution in [0.25, 0.3) is 0 Å². The Hall–Kier alpha value is -0.540. The lowest BCUT2D eigenvalue weighted by atomic mass is 9.93. The first-order valence-corrected chi connectivity index (χ1v) is 6.86. The zero-order chi connectivity index (χ0) is 14.2. The first-order chi connectivity index (χ1) is 8.16. The van der Waals surface area contributed by atoms with E-state index in [1.165, 1.54) is 0 Å². The maximum Gasteiger partial charge on any atom is 0.0643 e. The molecule has 0 radical (unpaired) electrons. The van der Waals surface area contributed by atoms with Gasteiger partial charge in [-0.15, -0.1) is 0 Å². The third kappa shape index (κ3) is 10.6. The van der Waals surface area contributed by atoms with Crippen molar-refractivity contribution in [3.8, 4) is 0 Å². The van der Waals surface area contributed by atoms with E-state index in [2.05, 4.69) is 51.8 Å². The minimum atomic E-state index is -0.0713. The van der Waals surface area contributed by atoms with Crippen LogP contribution in [0.4, 0.5) is 0 Å². The first kappa shape index (κ1) is 17.5. The maximum atomic E-state index is 5.96. The lowest BCUT2D eigenvalue weighted by molar-refractivity contribution is -0.0321. The molecule has 0 unspecified atom stereocenters. The molecule has 0 heterocycles. The summed E-state index contributed by atoms with van der Waals surface area (Å²) in [6, 6.07) is 0. The molecule has 0 saturated carbocycles. The van der Waals surface area contributed by atoms with E-state index in [0.717, 1.165) is 38.2 Å². The fourth-order valence-corrected chi connectivity index (χ4v) is 1.52. The molecule has 0 rings (SSSR count). The summed E-state index contributed by atoms with van der Waals surface area (Å²) < 4.78 is 5.96. The van der Waals surface area contributed by atoms with Gasteiger partial charge in [-0.2, -0.15) is 0 Å². The van der Waals surface area contributed by atoms with Gasteiger partial charge in [0.25, 0.3) is 0 Å². The van der Waals surface area contributed by atoms with Crippen molar-refractivity contribution in [1.82, 2.24) is 10.6 Å². The third-order valence-electron chi connectivity index (χ3n) is 2.84. The van der Waals surface area contributed by atoms with Crippen molar-refractivity contribution in [2.24, 2.45) is 5.41 Å². The van der Waals surface area contributed by atoms with Crippen molar-refractivity contribution >= 4 is 0 Å². The first-order valence-electron chi connectivity index (χ1n) is 6.86. The van der Waals surface area contributed by atoms with Crippen molar-refractivity contribution in [3.05, 3.63) is 12.3 Å². The number of hydrogen-bond donors (Lipinski definition) is 2. The quantitative estimate of drug-likeness (QED) is 0.665. The van der Waals surface area contributed by atoms with E-state index in [-0.39, 0.29) is 5.60 Å². The lowest BCUT2D eigenvalue weighted by Crippen LogP contribution is -2.32. The molecule has 18 heavy (non-hydrogen) atoms. The molecule has 2 N–H and O–H groups in total. The van der Waals surface area contributed by atoms with Gasteiger partial charge in [0.1, 0.15) is 0 Å². The minimum Gasteiger partial charge on any atom is -0.388 e. The lowest BCUT2D eigenvalue weighted by Gasteiger charge is -2.28. The Morgan fingerprint density at radius 3 is 2.22 bits per heavy atom. The van der Waals surface area contributed by atoms with Crippen LogP contribution in [-0.2, 0) is 4.74 Å². The SMILES string of the molecule is C=C(CNC)NCCC(C)(C)OCCC(C)(C)C. The summed E-state index contributed by atoms with van der Waals surface area (Å²) in [4.78, 5) is 0. The number of ether oxygens (including phenoxy) is 1. The van der Waals surface area contributed by atoms with Crippen molar-refractivity contribution in [2.75, 3.05) is 26.7 Å². The summed E-state index contributed by atoms with van der Waals surface area (Å²) >= 11 is 0. The highest BCUT2D eigenvalue weighted by atomic mass is 16.5. The number of rotatable bonds is 9. The van der Waals surface area contributed by atoms with Gasteiger partial charge in [-0.25, -0.2) is 0 Å². The minimum absolute atomic E-state index is 0.0713. The molecule has 3 nitrogen and oxygen atoms in total. The van der Waals surface area contributed by atoms with E-state index >= 15 is 0 Å². The summed E-state index contributed by atoms with van der Waals surface area (Å²) in [5.74, 6) is 0. The van der Waals surface area contributed by atoms with Crippen LogP contribution in [0.3, 0.4) is 0 Å². The van der Waals surface area contributed by atoms with Gasteiger partial charge in [-0.3, -0.25) is 0 Å². The monoisotopic (exact) mass is 256 g/mol. The van der Waals surface area contributed by atoms with Gasteiger partial charge in [0.2, 0.25) is 0 Å². The molecule has 0 bridgehead atoms. The molecule has 0 aromatic carbocycles. The van der Waals surface area contributed by atoms with E-state index in [9.17, 15) is 0 Å². The molecular weight excluding hydrogens is 224 g/mol. The molecule has 0 fully saturated rings. The molecule has 3 heteroatoms. The van der Waals surface area contributed by atoms with Crippen LogP contribution in [0.5, 0.6) is 0 Å². The Bertz CT molecular complexity index is 241. The molecule has 0 aliphatic rings. The normalized spacial score (nSPS) is 12.6. The van der Waals surface area contributed by atoms with Crippen LogP contribution < -0.4 is 10.6 Å². The molecule has 0 aromatic heterocycles. The summed E-state index contributed by atoms with van der Waals surface area (Å²) in [5.41, 5.74) is 1.30. The summed E-state index contributed by atoms with van der Waals surface area (Å²) in [6.07, 6.45) is 2.08. The van der Waals surface area contributed by atoms with E-state index in [4.69, 9.17) is 4.74 Å². The summed E-state index contributed by atoms with van der Waals surface area (Å²) in [7, 11) is 1.92. The van der Waals surface area contributed by atoms with E-state index < -0.39 is 0 Å². The molecule has 0 amide bonds. The Kier molecular flexibility index (Phi) is 7.56. The van der Waals surface area contributed by atoms with Gasteiger partial charge in [-0.1, -0.05) is 27.4 Å². The highest BCUT2D eigenvalue weighted by Crippen LogP contribution is 2.21. The van der Waals surface area contributed by atoms with Gasteiger partial charge in [0.05, 0.1) is 5.60 Å². The van der Waals surface area contributed by atoms with Crippen molar-refractivity contribution < 1.29 is 4.74 Å². The summed E-state index contributed by atoms with van der Waals surface area (Å²) in [5, 5.41) is 6.38. The van der Waals surface area contributed by atoms with Crippen molar-refractivity contribution in [2.45, 2.75) is 53.1 Å². The van der Waals surface area contributed by atoms with Gasteiger partial charge < -0.3 is 15.4 Å². The van der Waals surface area contributed by atoms with Crippen molar-refractivity contribution in [1.29, 1.82) is 0 Å². The second-order valence-electron chi connectivity index (χ2n) is 6.73. The molecule has 0 spiro atoms. The fraction of sp³-hybridized carbons (Fsp3) is 0.867. The molecule has 0 saturated heterocycles. The van der Waals surface area contributed by atoms with E-state index in [1.807, 2.05) is 7.05 Å². The predicted molar refractivity (Wildman–Crippen MR) is 79.8 cm³/mol. The third-order valence-corrected chi connectivity index (χ3v) is 2.84. The van der Waals surface area contributed by atoms with Crippen LogP contribution in [0, 0.1) is 5.41 Å². The van der Waals surface area contributed by atoms with Crippen LogP contribution >= 0.6 is 0 Å². The van der Waals surface area contributed by atoms with Gasteiger partial charge in [0, 0.05) is 25.4 Å². The van der Waals surface area contributed by atoms with Gasteiger partial charge in [0.15, 0.2) is 0 Å². The van der Waals surface area contributed by atoms with Crippen LogP contribution in [0.1, 0.15) is 47.5 Å². The van der Waals surface area contributed by atoms with E-state index in [1.54, 1.807) is 0 Å². The van der Waals surface area contributed by atoms with Crippen LogP contribution in [0.2, 0.25) is 0 Å². The number of nitrogens with one attached hydrogen (secondary N) is 2. The van der Waals surface area contributed by atoms with Crippen molar-refractivity contribution in [3.63, 3.8) is 0 Å². The predicted octanol–water partition coefficient (Wildman–Crippen LogP) is 2.93. The molecule has 108 valence electrons. The molecule has 0 aliphatic carbocycles. The van der Waals surface area contributed by atoms with E-state index in [0.29, 0.717) is 5.41 Å². The molecular formula is C15H32N2O. The standard InChI is InChI=1S/C15H32N2O/c1-13(12-16-7)17-10-8-15(5,6)18-11-9-14(2,3)4/h16-17H,1,8-12H2,2-7H3. The van der Waals surface area contributed by atoms with Crippen LogP contribution in [0.15, 0.2) is 12.3 Å².